The minimum Gasteiger partial charge on any atom is -0.507 e. The number of aryl methyl sites for hydroxylation is 1. The number of morpholine rings is 1. The van der Waals surface area contributed by atoms with E-state index in [1.165, 1.54) is 17.0 Å². The van der Waals surface area contributed by atoms with E-state index in [0.717, 1.165) is 44.8 Å². The van der Waals surface area contributed by atoms with Gasteiger partial charge in [0.25, 0.3) is 5.56 Å². The van der Waals surface area contributed by atoms with E-state index in [4.69, 9.17) is 4.74 Å². The summed E-state index contributed by atoms with van der Waals surface area (Å²) in [6.07, 6.45) is 2.83. The third kappa shape index (κ3) is 4.67. The fourth-order valence-electron chi connectivity index (χ4n) is 3.17. The molecule has 0 radical (unpaired) electrons. The van der Waals surface area contributed by atoms with Crippen molar-refractivity contribution in [1.82, 2.24) is 4.57 Å². The van der Waals surface area contributed by atoms with Gasteiger partial charge in [0.1, 0.15) is 24.7 Å². The van der Waals surface area contributed by atoms with Gasteiger partial charge in [0, 0.05) is 25.6 Å². The minimum absolute atomic E-state index is 0.00983. The lowest BCUT2D eigenvalue weighted by molar-refractivity contribution is -0.908. The minimum atomic E-state index is -0.316. The quantitative estimate of drug-likeness (QED) is 0.804. The molecule has 2 N–H and O–H groups in total. The van der Waals surface area contributed by atoms with Gasteiger partial charge in [0.05, 0.1) is 25.3 Å². The smallest absolute Gasteiger partial charge is 0.257 e. The number of hydrogen-bond acceptors (Lipinski definition) is 3. The maximum absolute atomic E-state index is 13.0. The van der Waals surface area contributed by atoms with Crippen molar-refractivity contribution in [2.24, 2.45) is 0 Å². The zero-order chi connectivity index (χ0) is 17.6. The molecule has 0 amide bonds. The van der Waals surface area contributed by atoms with Crippen molar-refractivity contribution < 1.29 is 19.1 Å². The Labute approximate surface area is 146 Å². The Morgan fingerprint density at radius 3 is 2.60 bits per heavy atom. The molecule has 0 bridgehead atoms. The van der Waals surface area contributed by atoms with Crippen LogP contribution in [0.2, 0.25) is 0 Å². The molecule has 1 aromatic carbocycles. The summed E-state index contributed by atoms with van der Waals surface area (Å²) >= 11 is 0. The molecule has 0 atom stereocenters. The van der Waals surface area contributed by atoms with Crippen molar-refractivity contribution in [3.05, 3.63) is 63.8 Å². The van der Waals surface area contributed by atoms with Crippen LogP contribution in [0.1, 0.15) is 17.5 Å². The first-order valence-corrected chi connectivity index (χ1v) is 8.70. The van der Waals surface area contributed by atoms with Crippen LogP contribution in [0.5, 0.6) is 5.75 Å². The number of hydrogen-bond donors (Lipinski definition) is 2. The van der Waals surface area contributed by atoms with Gasteiger partial charge in [-0.3, -0.25) is 4.79 Å². The molecule has 1 aliphatic rings. The summed E-state index contributed by atoms with van der Waals surface area (Å²) in [5.74, 6) is -0.326. The first kappa shape index (κ1) is 17.6. The molecule has 0 saturated carbocycles. The van der Waals surface area contributed by atoms with Gasteiger partial charge < -0.3 is 19.3 Å². The van der Waals surface area contributed by atoms with Gasteiger partial charge in [-0.25, -0.2) is 4.39 Å². The summed E-state index contributed by atoms with van der Waals surface area (Å²) in [6, 6.07) is 7.54. The largest absolute Gasteiger partial charge is 0.507 e. The highest BCUT2D eigenvalue weighted by molar-refractivity contribution is 5.34. The topological polar surface area (TPSA) is 55.9 Å². The van der Waals surface area contributed by atoms with Gasteiger partial charge in [-0.15, -0.1) is 0 Å². The molecule has 5 nitrogen and oxygen atoms in total. The number of aromatic hydroxyl groups is 1. The highest BCUT2D eigenvalue weighted by Gasteiger charge is 2.14. The number of nitrogens with one attached hydrogen (secondary N) is 1. The molecule has 2 aromatic rings. The number of halogens is 1. The lowest BCUT2D eigenvalue weighted by Gasteiger charge is -2.23. The van der Waals surface area contributed by atoms with Crippen LogP contribution in [-0.4, -0.2) is 42.5 Å². The van der Waals surface area contributed by atoms with Gasteiger partial charge in [-0.05, 0) is 23.8 Å². The second-order valence-corrected chi connectivity index (χ2v) is 6.45. The lowest BCUT2D eigenvalue weighted by atomic mass is 10.1. The van der Waals surface area contributed by atoms with E-state index in [-0.39, 0.29) is 17.1 Å². The van der Waals surface area contributed by atoms with Gasteiger partial charge >= 0.3 is 0 Å². The Morgan fingerprint density at radius 2 is 1.88 bits per heavy atom. The van der Waals surface area contributed by atoms with Crippen molar-refractivity contribution in [3.8, 4) is 5.75 Å². The monoisotopic (exact) mass is 347 g/mol. The molecular weight excluding hydrogens is 323 g/mol. The van der Waals surface area contributed by atoms with Crippen LogP contribution in [0.25, 0.3) is 0 Å². The zero-order valence-electron chi connectivity index (χ0n) is 14.2. The summed E-state index contributed by atoms with van der Waals surface area (Å²) in [4.78, 5) is 14.1. The van der Waals surface area contributed by atoms with E-state index in [0.29, 0.717) is 18.5 Å². The molecule has 3 rings (SSSR count). The SMILES string of the molecule is O=c1c(Cc2ccc(F)cc2)c(O)ccn1CCC[NH+]1CCOCC1. The summed E-state index contributed by atoms with van der Waals surface area (Å²) in [5.41, 5.74) is 0.971. The van der Waals surface area contributed by atoms with Crippen LogP contribution in [0, 0.1) is 5.82 Å². The van der Waals surface area contributed by atoms with Crippen molar-refractivity contribution in [3.63, 3.8) is 0 Å². The van der Waals surface area contributed by atoms with E-state index in [2.05, 4.69) is 0 Å². The predicted molar refractivity (Wildman–Crippen MR) is 92.6 cm³/mol. The molecule has 6 heteroatoms. The molecular formula is C19H24FN2O3+. The number of ether oxygens (including phenoxy) is 1. The summed E-state index contributed by atoms with van der Waals surface area (Å²) in [5, 5.41) is 10.1. The van der Waals surface area contributed by atoms with Gasteiger partial charge in [-0.1, -0.05) is 12.1 Å². The molecule has 0 aliphatic carbocycles. The average molecular weight is 347 g/mol. The predicted octanol–water partition coefficient (Wildman–Crippen LogP) is 0.589. The van der Waals surface area contributed by atoms with E-state index >= 15 is 0 Å². The number of benzene rings is 1. The maximum atomic E-state index is 13.0. The first-order valence-electron chi connectivity index (χ1n) is 8.70. The van der Waals surface area contributed by atoms with E-state index in [1.54, 1.807) is 29.0 Å². The highest BCUT2D eigenvalue weighted by Crippen LogP contribution is 2.16. The van der Waals surface area contributed by atoms with E-state index in [1.807, 2.05) is 0 Å². The molecule has 1 fully saturated rings. The van der Waals surface area contributed by atoms with Crippen molar-refractivity contribution in [2.45, 2.75) is 19.4 Å². The molecule has 1 aromatic heterocycles. The van der Waals surface area contributed by atoms with Crippen molar-refractivity contribution in [1.29, 1.82) is 0 Å². The third-order valence-electron chi connectivity index (χ3n) is 4.66. The third-order valence-corrected chi connectivity index (χ3v) is 4.66. The number of nitrogens with zero attached hydrogens (tertiary/aromatic N) is 1. The number of aromatic nitrogens is 1. The van der Waals surface area contributed by atoms with Crippen molar-refractivity contribution in [2.75, 3.05) is 32.8 Å². The van der Waals surface area contributed by atoms with E-state index in [9.17, 15) is 14.3 Å². The van der Waals surface area contributed by atoms with Gasteiger partial charge in [0.15, 0.2) is 0 Å². The number of rotatable bonds is 6. The summed E-state index contributed by atoms with van der Waals surface area (Å²) < 4.78 is 20.0. The molecule has 0 spiro atoms. The standard InChI is InChI=1S/C19H23FN2O3/c20-16-4-2-15(3-5-16)14-17-18(23)6-9-22(19(17)24)8-1-7-21-10-12-25-13-11-21/h2-6,9,23H,1,7-8,10-14H2/p+1. The molecule has 1 saturated heterocycles. The summed E-state index contributed by atoms with van der Waals surface area (Å²) in [7, 11) is 0. The first-order chi connectivity index (χ1) is 12.1. The van der Waals surface area contributed by atoms with Crippen LogP contribution < -0.4 is 10.5 Å². The van der Waals surface area contributed by atoms with Gasteiger partial charge in [0.2, 0.25) is 0 Å². The summed E-state index contributed by atoms with van der Waals surface area (Å²) in [6.45, 7) is 5.26. The van der Waals surface area contributed by atoms with Crippen LogP contribution in [0.15, 0.2) is 41.3 Å². The van der Waals surface area contributed by atoms with Crippen LogP contribution >= 0.6 is 0 Å². The van der Waals surface area contributed by atoms with Crippen molar-refractivity contribution >= 4 is 0 Å². The molecule has 1 aliphatic heterocycles. The Balaban J connectivity index is 1.66. The van der Waals surface area contributed by atoms with E-state index < -0.39 is 0 Å². The Morgan fingerprint density at radius 1 is 1.16 bits per heavy atom. The van der Waals surface area contributed by atoms with Crippen LogP contribution in [0.3, 0.4) is 0 Å². The van der Waals surface area contributed by atoms with Gasteiger partial charge in [-0.2, -0.15) is 0 Å². The Kier molecular flexibility index (Phi) is 5.83. The van der Waals surface area contributed by atoms with Crippen LogP contribution in [-0.2, 0) is 17.7 Å². The lowest BCUT2D eigenvalue weighted by Crippen LogP contribution is -3.14. The zero-order valence-corrected chi connectivity index (χ0v) is 14.2. The number of pyridine rings is 1. The Hall–Kier alpha value is -2.18. The highest BCUT2D eigenvalue weighted by atomic mass is 19.1. The Bertz CT molecular complexity index is 752. The number of quaternary nitrogens is 1. The molecule has 2 heterocycles. The maximum Gasteiger partial charge on any atom is 0.257 e. The average Bonchev–Trinajstić information content (AvgIpc) is 2.63. The fourth-order valence-corrected chi connectivity index (χ4v) is 3.17. The normalized spacial score (nSPS) is 15.4. The second-order valence-electron chi connectivity index (χ2n) is 6.45. The molecule has 0 unspecified atom stereocenters. The fraction of sp³-hybridized carbons (Fsp3) is 0.421. The molecule has 25 heavy (non-hydrogen) atoms. The second kappa shape index (κ2) is 8.27. The van der Waals surface area contributed by atoms with Crippen LogP contribution in [0.4, 0.5) is 4.39 Å². The molecule has 134 valence electrons.